The van der Waals surface area contributed by atoms with Gasteiger partial charge in [-0.25, -0.2) is 0 Å². The van der Waals surface area contributed by atoms with E-state index < -0.39 is 11.9 Å². The van der Waals surface area contributed by atoms with Crippen LogP contribution < -0.4 is 16.0 Å². The summed E-state index contributed by atoms with van der Waals surface area (Å²) in [6, 6.07) is 11.2. The highest BCUT2D eigenvalue weighted by atomic mass is 35.5. The Morgan fingerprint density at radius 3 is 2.30 bits per heavy atom. The Balaban J connectivity index is 2.03. The average molecular weight is 492 g/mol. The minimum atomic E-state index is -0.724. The molecule has 0 bridgehead atoms. The molecule has 1 unspecified atom stereocenters. The molecule has 2 aromatic rings. The number of anilines is 1. The lowest BCUT2D eigenvalue weighted by Gasteiger charge is -2.21. The summed E-state index contributed by atoms with van der Waals surface area (Å²) < 4.78 is 0. The van der Waals surface area contributed by atoms with Gasteiger partial charge < -0.3 is 16.0 Å². The number of hydrogen-bond donors (Lipinski definition) is 3. The van der Waals surface area contributed by atoms with Gasteiger partial charge in [0.05, 0.1) is 10.6 Å². The smallest absolute Gasteiger partial charge is 0.253 e. The predicted molar refractivity (Wildman–Crippen MR) is 134 cm³/mol. The van der Waals surface area contributed by atoms with Crippen molar-refractivity contribution in [3.63, 3.8) is 0 Å². The zero-order valence-corrected chi connectivity index (χ0v) is 20.9. The molecular formula is C25H31Cl2N3O3. The maximum Gasteiger partial charge on any atom is 0.253 e. The van der Waals surface area contributed by atoms with Crippen molar-refractivity contribution in [1.29, 1.82) is 0 Å². The first kappa shape index (κ1) is 26.7. The molecule has 8 heteroatoms. The summed E-state index contributed by atoms with van der Waals surface area (Å²) >= 11 is 12.0. The van der Waals surface area contributed by atoms with Crippen LogP contribution in [0.15, 0.2) is 42.5 Å². The van der Waals surface area contributed by atoms with Gasteiger partial charge in [-0.1, -0.05) is 63.0 Å². The van der Waals surface area contributed by atoms with E-state index in [-0.39, 0.29) is 40.8 Å². The lowest BCUT2D eigenvalue weighted by molar-refractivity contribution is -0.123. The van der Waals surface area contributed by atoms with E-state index in [4.69, 9.17) is 23.2 Å². The summed E-state index contributed by atoms with van der Waals surface area (Å²) in [5.74, 6) is -0.333. The number of carbonyl (C=O) groups excluding carboxylic acids is 3. The van der Waals surface area contributed by atoms with Gasteiger partial charge in [0.1, 0.15) is 6.04 Å². The standard InChI is InChI=1S/C25H31Cl2N3O3/c1-15(2)10-22(30-24(32)20-9-8-18(26)13-21(20)27)25(33)28-14-17-6-5-7-19(12-17)29-23(31)11-16(3)4/h5-9,12-13,15-16,22H,10-11,14H2,1-4H3,(H,28,33)(H,29,31)(H,30,32). The topological polar surface area (TPSA) is 87.3 Å². The van der Waals surface area contributed by atoms with E-state index in [1.165, 1.54) is 12.1 Å². The highest BCUT2D eigenvalue weighted by Gasteiger charge is 2.23. The van der Waals surface area contributed by atoms with Gasteiger partial charge in [0.2, 0.25) is 11.8 Å². The molecule has 178 valence electrons. The van der Waals surface area contributed by atoms with Crippen LogP contribution >= 0.6 is 23.2 Å². The Morgan fingerprint density at radius 1 is 0.939 bits per heavy atom. The summed E-state index contributed by atoms with van der Waals surface area (Å²) in [5, 5.41) is 9.18. The van der Waals surface area contributed by atoms with E-state index in [9.17, 15) is 14.4 Å². The molecule has 0 saturated heterocycles. The van der Waals surface area contributed by atoms with Crippen LogP contribution in [-0.4, -0.2) is 23.8 Å². The van der Waals surface area contributed by atoms with Crippen LogP contribution in [0.1, 0.15) is 56.5 Å². The molecule has 1 atom stereocenters. The molecule has 0 saturated carbocycles. The third-order valence-corrected chi connectivity index (χ3v) is 5.32. The van der Waals surface area contributed by atoms with Crippen LogP contribution in [-0.2, 0) is 16.1 Å². The minimum Gasteiger partial charge on any atom is -0.350 e. The lowest BCUT2D eigenvalue weighted by Crippen LogP contribution is -2.47. The molecule has 0 aliphatic carbocycles. The van der Waals surface area contributed by atoms with Crippen LogP contribution in [0.2, 0.25) is 10.0 Å². The molecule has 3 N–H and O–H groups in total. The largest absolute Gasteiger partial charge is 0.350 e. The van der Waals surface area contributed by atoms with Crippen LogP contribution in [0.25, 0.3) is 0 Å². The molecule has 0 spiro atoms. The summed E-state index contributed by atoms with van der Waals surface area (Å²) in [6.07, 6.45) is 0.906. The molecule has 0 radical (unpaired) electrons. The van der Waals surface area contributed by atoms with Gasteiger partial charge in [0.25, 0.3) is 5.91 Å². The van der Waals surface area contributed by atoms with Crippen molar-refractivity contribution in [2.45, 2.75) is 53.1 Å². The molecule has 2 rings (SSSR count). The fourth-order valence-corrected chi connectivity index (χ4v) is 3.76. The van der Waals surface area contributed by atoms with Gasteiger partial charge in [-0.15, -0.1) is 0 Å². The van der Waals surface area contributed by atoms with Gasteiger partial charge >= 0.3 is 0 Å². The minimum absolute atomic E-state index is 0.0493. The quantitative estimate of drug-likeness (QED) is 0.413. The zero-order valence-electron chi connectivity index (χ0n) is 19.4. The molecule has 0 aliphatic heterocycles. The van der Waals surface area contributed by atoms with Crippen molar-refractivity contribution < 1.29 is 14.4 Å². The molecule has 0 aromatic heterocycles. The second kappa shape index (κ2) is 12.6. The number of rotatable bonds is 10. The number of benzene rings is 2. The van der Waals surface area contributed by atoms with Gasteiger partial charge in [0.15, 0.2) is 0 Å². The van der Waals surface area contributed by atoms with E-state index >= 15 is 0 Å². The van der Waals surface area contributed by atoms with Crippen LogP contribution in [0.3, 0.4) is 0 Å². The molecular weight excluding hydrogens is 461 g/mol. The number of carbonyl (C=O) groups is 3. The molecule has 33 heavy (non-hydrogen) atoms. The van der Waals surface area contributed by atoms with Crippen molar-refractivity contribution >= 4 is 46.6 Å². The monoisotopic (exact) mass is 491 g/mol. The van der Waals surface area contributed by atoms with Crippen molar-refractivity contribution in [3.8, 4) is 0 Å². The molecule has 6 nitrogen and oxygen atoms in total. The molecule has 0 fully saturated rings. The first-order valence-electron chi connectivity index (χ1n) is 11.0. The molecule has 0 heterocycles. The summed E-state index contributed by atoms with van der Waals surface area (Å²) in [4.78, 5) is 37.6. The van der Waals surface area contributed by atoms with Crippen LogP contribution in [0.5, 0.6) is 0 Å². The number of halogens is 2. The normalized spacial score (nSPS) is 11.9. The maximum atomic E-state index is 12.9. The Morgan fingerprint density at radius 2 is 1.67 bits per heavy atom. The maximum absolute atomic E-state index is 12.9. The predicted octanol–water partition coefficient (Wildman–Crippen LogP) is 5.44. The summed E-state index contributed by atoms with van der Waals surface area (Å²) in [7, 11) is 0. The third kappa shape index (κ3) is 9.06. The van der Waals surface area contributed by atoms with E-state index in [2.05, 4.69) is 16.0 Å². The van der Waals surface area contributed by atoms with Crippen molar-refractivity contribution in [2.75, 3.05) is 5.32 Å². The highest BCUT2D eigenvalue weighted by Crippen LogP contribution is 2.21. The number of hydrogen-bond acceptors (Lipinski definition) is 3. The Bertz CT molecular complexity index is 993. The van der Waals surface area contributed by atoms with E-state index in [1.54, 1.807) is 12.1 Å². The molecule has 0 aliphatic rings. The van der Waals surface area contributed by atoms with Crippen LogP contribution in [0.4, 0.5) is 5.69 Å². The Hall–Kier alpha value is -2.57. The van der Waals surface area contributed by atoms with Crippen LogP contribution in [0, 0.1) is 11.8 Å². The fraction of sp³-hybridized carbons (Fsp3) is 0.400. The third-order valence-electron chi connectivity index (χ3n) is 4.78. The first-order valence-corrected chi connectivity index (χ1v) is 11.7. The average Bonchev–Trinajstić information content (AvgIpc) is 2.70. The SMILES string of the molecule is CC(C)CC(=O)Nc1cccc(CNC(=O)C(CC(C)C)NC(=O)c2ccc(Cl)cc2Cl)c1. The first-order chi connectivity index (χ1) is 15.5. The summed E-state index contributed by atoms with van der Waals surface area (Å²) in [6.45, 7) is 8.19. The van der Waals surface area contributed by atoms with E-state index in [0.717, 1.165) is 5.56 Å². The highest BCUT2D eigenvalue weighted by molar-refractivity contribution is 6.36. The van der Waals surface area contributed by atoms with Crippen molar-refractivity contribution in [1.82, 2.24) is 10.6 Å². The summed E-state index contributed by atoms with van der Waals surface area (Å²) in [5.41, 5.74) is 1.77. The van der Waals surface area contributed by atoms with Gasteiger partial charge in [-0.05, 0) is 54.2 Å². The van der Waals surface area contributed by atoms with Gasteiger partial charge in [0, 0.05) is 23.7 Å². The van der Waals surface area contributed by atoms with Gasteiger partial charge in [-0.3, -0.25) is 14.4 Å². The second-order valence-corrected chi connectivity index (χ2v) is 9.69. The fourth-order valence-electron chi connectivity index (χ4n) is 3.27. The number of amides is 3. The molecule has 2 aromatic carbocycles. The van der Waals surface area contributed by atoms with Crippen molar-refractivity contribution in [3.05, 3.63) is 63.6 Å². The Labute approximate surface area is 205 Å². The Kier molecular flexibility index (Phi) is 10.2. The zero-order chi connectivity index (χ0) is 24.5. The number of nitrogens with one attached hydrogen (secondary N) is 3. The molecule has 3 amide bonds. The van der Waals surface area contributed by atoms with E-state index in [0.29, 0.717) is 23.6 Å². The lowest BCUT2D eigenvalue weighted by atomic mass is 10.0. The van der Waals surface area contributed by atoms with Crippen molar-refractivity contribution in [2.24, 2.45) is 11.8 Å². The van der Waals surface area contributed by atoms with Gasteiger partial charge in [-0.2, -0.15) is 0 Å². The second-order valence-electron chi connectivity index (χ2n) is 8.84. The van der Waals surface area contributed by atoms with E-state index in [1.807, 2.05) is 45.9 Å².